The van der Waals surface area contributed by atoms with Gasteiger partial charge in [-0.05, 0) is 43.5 Å². The van der Waals surface area contributed by atoms with Gasteiger partial charge in [-0.3, -0.25) is 9.78 Å². The molecule has 2 aromatic heterocycles. The van der Waals surface area contributed by atoms with Crippen LogP contribution in [-0.2, 0) is 0 Å². The van der Waals surface area contributed by atoms with Crippen molar-refractivity contribution in [3.8, 4) is 11.3 Å². The van der Waals surface area contributed by atoms with Gasteiger partial charge in [-0.25, -0.2) is 4.98 Å². The van der Waals surface area contributed by atoms with Crippen LogP contribution in [0.5, 0.6) is 0 Å². The predicted octanol–water partition coefficient (Wildman–Crippen LogP) is 2.65. The number of benzene rings is 1. The molecule has 0 aliphatic carbocycles. The molecule has 1 saturated heterocycles. The molecule has 6 nitrogen and oxygen atoms in total. The van der Waals surface area contributed by atoms with Crippen LogP contribution >= 0.6 is 0 Å². The minimum atomic E-state index is -1.10. The number of likely N-dealkylation sites (tertiary alicyclic amines) is 1. The molecule has 2 N–H and O–H groups in total. The maximum Gasteiger partial charge on any atom is 0.254 e. The first-order valence-electron chi connectivity index (χ1n) is 9.52. The fourth-order valence-corrected chi connectivity index (χ4v) is 3.73. The van der Waals surface area contributed by atoms with E-state index in [9.17, 15) is 15.0 Å². The van der Waals surface area contributed by atoms with Crippen molar-refractivity contribution in [1.82, 2.24) is 14.9 Å². The van der Waals surface area contributed by atoms with Crippen LogP contribution in [0.2, 0.25) is 0 Å². The lowest BCUT2D eigenvalue weighted by Gasteiger charge is -2.25. The molecular formula is C22H23N3O3. The van der Waals surface area contributed by atoms with E-state index in [1.165, 1.54) is 0 Å². The van der Waals surface area contributed by atoms with Gasteiger partial charge in [0.2, 0.25) is 0 Å². The van der Waals surface area contributed by atoms with Gasteiger partial charge in [-0.1, -0.05) is 18.2 Å². The van der Waals surface area contributed by atoms with Gasteiger partial charge in [-0.15, -0.1) is 0 Å². The number of para-hydroxylation sites is 1. The van der Waals surface area contributed by atoms with Crippen molar-refractivity contribution < 1.29 is 15.0 Å². The molecule has 0 unspecified atom stereocenters. The number of hydrogen-bond acceptors (Lipinski definition) is 5. The summed E-state index contributed by atoms with van der Waals surface area (Å²) in [6.07, 6.45) is 4.93. The quantitative estimate of drug-likeness (QED) is 0.733. The average Bonchev–Trinajstić information content (AvgIpc) is 2.95. The first kappa shape index (κ1) is 18.5. The first-order valence-corrected chi connectivity index (χ1v) is 9.52. The molecule has 0 radical (unpaired) electrons. The van der Waals surface area contributed by atoms with Gasteiger partial charge in [0, 0.05) is 36.4 Å². The Hall–Kier alpha value is -2.83. The van der Waals surface area contributed by atoms with E-state index in [1.807, 2.05) is 42.5 Å². The van der Waals surface area contributed by atoms with Crippen LogP contribution < -0.4 is 0 Å². The highest BCUT2D eigenvalue weighted by Gasteiger charge is 2.31. The molecule has 0 bridgehead atoms. The first-order chi connectivity index (χ1) is 13.6. The van der Waals surface area contributed by atoms with Crippen LogP contribution in [0.4, 0.5) is 0 Å². The fourth-order valence-electron chi connectivity index (χ4n) is 3.73. The van der Waals surface area contributed by atoms with Crippen LogP contribution in [0, 0.1) is 0 Å². The summed E-state index contributed by atoms with van der Waals surface area (Å²) in [4.78, 5) is 23.9. The molecule has 3 heterocycles. The topological polar surface area (TPSA) is 86.6 Å². The third-order valence-electron chi connectivity index (χ3n) is 5.42. The van der Waals surface area contributed by atoms with Crippen molar-refractivity contribution in [2.24, 2.45) is 0 Å². The maximum atomic E-state index is 13.4. The summed E-state index contributed by atoms with van der Waals surface area (Å²) in [5, 5.41) is 20.7. The van der Waals surface area contributed by atoms with Crippen LogP contribution in [0.3, 0.4) is 0 Å². The summed E-state index contributed by atoms with van der Waals surface area (Å²) in [7, 11) is 0. The smallest absolute Gasteiger partial charge is 0.254 e. The molecule has 0 saturated carbocycles. The molecule has 28 heavy (non-hydrogen) atoms. The highest BCUT2D eigenvalue weighted by molar-refractivity contribution is 6.07. The average molecular weight is 377 g/mol. The van der Waals surface area contributed by atoms with Gasteiger partial charge in [0.25, 0.3) is 5.91 Å². The van der Waals surface area contributed by atoms with Crippen LogP contribution in [0.15, 0.2) is 54.9 Å². The number of carbonyl (C=O) groups is 1. The summed E-state index contributed by atoms with van der Waals surface area (Å²) >= 11 is 0. The zero-order valence-corrected chi connectivity index (χ0v) is 15.6. The third kappa shape index (κ3) is 3.61. The van der Waals surface area contributed by atoms with Gasteiger partial charge >= 0.3 is 0 Å². The van der Waals surface area contributed by atoms with E-state index in [4.69, 9.17) is 4.98 Å². The molecule has 1 atom stereocenters. The Bertz CT molecular complexity index is 993. The number of hydrogen-bond donors (Lipinski definition) is 2. The number of aliphatic hydroxyl groups is 2. The highest BCUT2D eigenvalue weighted by atomic mass is 16.3. The Kier molecular flexibility index (Phi) is 5.07. The normalized spacial score (nSPS) is 20.1. The molecule has 1 aliphatic rings. The number of pyridine rings is 2. The summed E-state index contributed by atoms with van der Waals surface area (Å²) < 4.78 is 0. The van der Waals surface area contributed by atoms with Crippen LogP contribution in [-0.4, -0.2) is 56.3 Å². The lowest BCUT2D eigenvalue weighted by molar-refractivity contribution is -0.0250. The Morgan fingerprint density at radius 1 is 1.11 bits per heavy atom. The number of rotatable bonds is 3. The fraction of sp³-hybridized carbons (Fsp3) is 0.318. The summed E-state index contributed by atoms with van der Waals surface area (Å²) in [5.74, 6) is -0.0731. The maximum absolute atomic E-state index is 13.4. The summed E-state index contributed by atoms with van der Waals surface area (Å²) in [6.45, 7) is 0.693. The van der Waals surface area contributed by atoms with Gasteiger partial charge in [-0.2, -0.15) is 0 Å². The number of nitrogens with zero attached hydrogens (tertiary/aromatic N) is 3. The molecule has 1 fully saturated rings. The van der Waals surface area contributed by atoms with Crippen molar-refractivity contribution >= 4 is 16.8 Å². The van der Waals surface area contributed by atoms with E-state index in [2.05, 4.69) is 4.98 Å². The Morgan fingerprint density at radius 3 is 2.68 bits per heavy atom. The Balaban J connectivity index is 1.74. The Labute approximate surface area is 163 Å². The second kappa shape index (κ2) is 7.66. The number of fused-ring (bicyclic) bond motifs is 1. The molecule has 6 heteroatoms. The van der Waals surface area contributed by atoms with E-state index in [-0.39, 0.29) is 12.5 Å². The second-order valence-corrected chi connectivity index (χ2v) is 7.34. The number of amides is 1. The lowest BCUT2D eigenvalue weighted by Crippen LogP contribution is -2.36. The van der Waals surface area contributed by atoms with Gasteiger partial charge in [0.15, 0.2) is 0 Å². The third-order valence-corrected chi connectivity index (χ3v) is 5.42. The zero-order chi connectivity index (χ0) is 19.6. The van der Waals surface area contributed by atoms with Gasteiger partial charge in [0.1, 0.15) is 0 Å². The van der Waals surface area contributed by atoms with Gasteiger partial charge in [0.05, 0.1) is 29.0 Å². The number of carbonyl (C=O) groups excluding carboxylic acids is 1. The summed E-state index contributed by atoms with van der Waals surface area (Å²) in [6, 6.07) is 13.2. The monoisotopic (exact) mass is 377 g/mol. The molecule has 144 valence electrons. The molecule has 4 rings (SSSR count). The van der Waals surface area contributed by atoms with Crippen molar-refractivity contribution in [1.29, 1.82) is 0 Å². The van der Waals surface area contributed by atoms with E-state index in [1.54, 1.807) is 17.3 Å². The minimum Gasteiger partial charge on any atom is -0.393 e. The largest absolute Gasteiger partial charge is 0.393 e. The molecular weight excluding hydrogens is 354 g/mol. The van der Waals surface area contributed by atoms with Gasteiger partial charge < -0.3 is 15.1 Å². The molecule has 3 aromatic rings. The van der Waals surface area contributed by atoms with Crippen LogP contribution in [0.25, 0.3) is 22.2 Å². The Morgan fingerprint density at radius 2 is 1.89 bits per heavy atom. The van der Waals surface area contributed by atoms with Crippen LogP contribution in [0.1, 0.15) is 29.6 Å². The number of aliphatic hydroxyl groups excluding tert-OH is 1. The van der Waals surface area contributed by atoms with E-state index < -0.39 is 5.60 Å². The predicted molar refractivity (Wildman–Crippen MR) is 107 cm³/mol. The number of aromatic nitrogens is 2. The molecule has 1 amide bonds. The molecule has 1 aromatic carbocycles. The molecule has 0 spiro atoms. The van der Waals surface area contributed by atoms with Crippen molar-refractivity contribution in [2.45, 2.75) is 24.9 Å². The minimum absolute atomic E-state index is 0.0731. The molecule has 1 aliphatic heterocycles. The van der Waals surface area contributed by atoms with Crippen molar-refractivity contribution in [3.63, 3.8) is 0 Å². The summed E-state index contributed by atoms with van der Waals surface area (Å²) in [5.41, 5.74) is 1.90. The second-order valence-electron chi connectivity index (χ2n) is 7.34. The van der Waals surface area contributed by atoms with E-state index in [0.717, 1.165) is 22.2 Å². The zero-order valence-electron chi connectivity index (χ0n) is 15.6. The standard InChI is InChI=1S/C22H23N3O3/c26-15-22(28)8-3-12-25(13-9-22)21(27)18-14-20(16-6-10-23-11-7-16)24-19-5-2-1-4-17(18)19/h1-2,4-7,10-11,14,26,28H,3,8-9,12-13,15H2/t22-/m1/s1. The van der Waals surface area contributed by atoms with Crippen molar-refractivity contribution in [2.75, 3.05) is 19.7 Å². The van der Waals surface area contributed by atoms with E-state index >= 15 is 0 Å². The van der Waals surface area contributed by atoms with E-state index in [0.29, 0.717) is 37.9 Å². The lowest BCUT2D eigenvalue weighted by atomic mass is 9.96. The van der Waals surface area contributed by atoms with Crippen molar-refractivity contribution in [3.05, 3.63) is 60.4 Å². The SMILES string of the molecule is O=C(c1cc(-c2ccncc2)nc2ccccc12)N1CCC[C@](O)(CO)CC1. The highest BCUT2D eigenvalue weighted by Crippen LogP contribution is 2.28.